The molecule has 2 aromatic carbocycles. The Bertz CT molecular complexity index is 610. The van der Waals surface area contributed by atoms with Gasteiger partial charge in [0, 0.05) is 0 Å². The Kier molecular flexibility index (Phi) is 7.16. The second-order valence-corrected chi connectivity index (χ2v) is 5.22. The first-order valence-corrected chi connectivity index (χ1v) is 8.26. The second-order valence-electron chi connectivity index (χ2n) is 5.22. The number of esters is 2. The van der Waals surface area contributed by atoms with Crippen molar-refractivity contribution >= 4 is 11.9 Å². The molecule has 2 aromatic rings. The van der Waals surface area contributed by atoms with Gasteiger partial charge >= 0.3 is 11.9 Å². The summed E-state index contributed by atoms with van der Waals surface area (Å²) in [4.78, 5) is 24.8. The van der Waals surface area contributed by atoms with Crippen LogP contribution in [0.2, 0.25) is 0 Å². The lowest BCUT2D eigenvalue weighted by Gasteiger charge is -2.23. The predicted octanol–water partition coefficient (Wildman–Crippen LogP) is 3.61. The Balaban J connectivity index is 2.34. The average molecular weight is 342 g/mol. The van der Waals surface area contributed by atoms with E-state index in [2.05, 4.69) is 0 Å². The summed E-state index contributed by atoms with van der Waals surface area (Å²) in [5.74, 6) is -1.09. The van der Waals surface area contributed by atoms with Gasteiger partial charge in [-0.2, -0.15) is 0 Å². The fraction of sp³-hybridized carbons (Fsp3) is 0.300. The van der Waals surface area contributed by atoms with E-state index >= 15 is 0 Å². The molecule has 0 heterocycles. The summed E-state index contributed by atoms with van der Waals surface area (Å²) in [5, 5.41) is 0. The van der Waals surface area contributed by atoms with E-state index in [1.54, 1.807) is 62.4 Å². The molecule has 0 unspecified atom stereocenters. The minimum atomic E-state index is -1.02. The molecule has 0 fully saturated rings. The molecule has 132 valence electrons. The third-order valence-corrected chi connectivity index (χ3v) is 3.48. The normalized spacial score (nSPS) is 12.9. The fourth-order valence-corrected chi connectivity index (χ4v) is 2.37. The van der Waals surface area contributed by atoms with Gasteiger partial charge < -0.3 is 14.2 Å². The summed E-state index contributed by atoms with van der Waals surface area (Å²) in [6, 6.07) is 17.9. The van der Waals surface area contributed by atoms with Gasteiger partial charge in [0.25, 0.3) is 0 Å². The lowest BCUT2D eigenvalue weighted by molar-refractivity contribution is -0.173. The maximum Gasteiger partial charge on any atom is 0.339 e. The standard InChI is InChI=1S/C20H22O5/c1-3-23-19(21)17(15-11-7-5-8-12-15)25-18(20(22)24-4-2)16-13-9-6-10-14-16/h5-14,17-18H,3-4H2,1-2H3/t17-,18-/m1/s1. The molecular formula is C20H22O5. The summed E-state index contributed by atoms with van der Waals surface area (Å²) < 4.78 is 16.1. The van der Waals surface area contributed by atoms with Gasteiger partial charge in [-0.05, 0) is 25.0 Å². The molecule has 5 nitrogen and oxygen atoms in total. The highest BCUT2D eigenvalue weighted by molar-refractivity contribution is 5.79. The predicted molar refractivity (Wildman–Crippen MR) is 92.7 cm³/mol. The van der Waals surface area contributed by atoms with Crippen molar-refractivity contribution in [1.82, 2.24) is 0 Å². The third-order valence-electron chi connectivity index (χ3n) is 3.48. The first-order chi connectivity index (χ1) is 12.2. The number of hydrogen-bond donors (Lipinski definition) is 0. The molecule has 0 bridgehead atoms. The first-order valence-electron chi connectivity index (χ1n) is 8.26. The molecular weight excluding hydrogens is 320 g/mol. The lowest BCUT2D eigenvalue weighted by atomic mass is 10.1. The van der Waals surface area contributed by atoms with Crippen LogP contribution in [0.5, 0.6) is 0 Å². The quantitative estimate of drug-likeness (QED) is 0.686. The van der Waals surface area contributed by atoms with Crippen LogP contribution in [-0.4, -0.2) is 25.2 Å². The Morgan fingerprint density at radius 2 is 1.08 bits per heavy atom. The molecule has 5 heteroatoms. The number of carbonyl (C=O) groups is 2. The molecule has 0 N–H and O–H groups in total. The molecule has 0 radical (unpaired) electrons. The highest BCUT2D eigenvalue weighted by Gasteiger charge is 2.32. The summed E-state index contributed by atoms with van der Waals surface area (Å²) in [7, 11) is 0. The van der Waals surface area contributed by atoms with Gasteiger partial charge in [0.2, 0.25) is 0 Å². The minimum Gasteiger partial charge on any atom is -0.464 e. The largest absolute Gasteiger partial charge is 0.464 e. The van der Waals surface area contributed by atoms with Gasteiger partial charge in [-0.15, -0.1) is 0 Å². The van der Waals surface area contributed by atoms with Gasteiger partial charge in [0.15, 0.2) is 12.2 Å². The van der Waals surface area contributed by atoms with Gasteiger partial charge in [0.05, 0.1) is 13.2 Å². The monoisotopic (exact) mass is 342 g/mol. The summed E-state index contributed by atoms with van der Waals surface area (Å²) in [5.41, 5.74) is 1.23. The van der Waals surface area contributed by atoms with Crippen molar-refractivity contribution in [2.45, 2.75) is 26.1 Å². The Labute approximate surface area is 147 Å². The lowest BCUT2D eigenvalue weighted by Crippen LogP contribution is -2.26. The van der Waals surface area contributed by atoms with Crippen LogP contribution in [0, 0.1) is 0 Å². The van der Waals surface area contributed by atoms with Crippen LogP contribution >= 0.6 is 0 Å². The molecule has 2 rings (SSSR count). The molecule has 2 atom stereocenters. The minimum absolute atomic E-state index is 0.223. The number of hydrogen-bond acceptors (Lipinski definition) is 5. The Hall–Kier alpha value is -2.66. The molecule has 0 aliphatic carbocycles. The molecule has 0 aliphatic rings. The molecule has 25 heavy (non-hydrogen) atoms. The molecule has 0 amide bonds. The topological polar surface area (TPSA) is 61.8 Å². The van der Waals surface area contributed by atoms with E-state index in [9.17, 15) is 9.59 Å². The van der Waals surface area contributed by atoms with Gasteiger partial charge in [-0.25, -0.2) is 9.59 Å². The number of ether oxygens (including phenoxy) is 3. The summed E-state index contributed by atoms with van der Waals surface area (Å²) in [6.45, 7) is 3.89. The van der Waals surface area contributed by atoms with Crippen molar-refractivity contribution in [3.8, 4) is 0 Å². The van der Waals surface area contributed by atoms with E-state index in [1.165, 1.54) is 0 Å². The van der Waals surface area contributed by atoms with Crippen LogP contribution in [0.25, 0.3) is 0 Å². The zero-order valence-corrected chi connectivity index (χ0v) is 14.4. The van der Waals surface area contributed by atoms with E-state index in [0.717, 1.165) is 0 Å². The van der Waals surface area contributed by atoms with Gasteiger partial charge in [-0.3, -0.25) is 0 Å². The molecule has 0 aromatic heterocycles. The van der Waals surface area contributed by atoms with Crippen molar-refractivity contribution in [2.24, 2.45) is 0 Å². The van der Waals surface area contributed by atoms with Crippen molar-refractivity contribution < 1.29 is 23.8 Å². The zero-order valence-electron chi connectivity index (χ0n) is 14.4. The van der Waals surface area contributed by atoms with E-state index in [4.69, 9.17) is 14.2 Å². The first kappa shape index (κ1) is 18.7. The molecule has 0 aliphatic heterocycles. The average Bonchev–Trinajstić information content (AvgIpc) is 2.64. The molecule has 0 saturated carbocycles. The van der Waals surface area contributed by atoms with Crippen molar-refractivity contribution in [3.05, 3.63) is 71.8 Å². The van der Waals surface area contributed by atoms with E-state index in [0.29, 0.717) is 11.1 Å². The smallest absolute Gasteiger partial charge is 0.339 e. The summed E-state index contributed by atoms with van der Waals surface area (Å²) in [6.07, 6.45) is -2.04. The Morgan fingerprint density at radius 3 is 1.40 bits per heavy atom. The molecule has 0 saturated heterocycles. The van der Waals surface area contributed by atoms with Crippen LogP contribution in [0.15, 0.2) is 60.7 Å². The van der Waals surface area contributed by atoms with Gasteiger partial charge in [0.1, 0.15) is 0 Å². The van der Waals surface area contributed by atoms with Crippen molar-refractivity contribution in [2.75, 3.05) is 13.2 Å². The van der Waals surface area contributed by atoms with Crippen LogP contribution in [0.1, 0.15) is 37.2 Å². The number of benzene rings is 2. The zero-order chi connectivity index (χ0) is 18.1. The van der Waals surface area contributed by atoms with Crippen molar-refractivity contribution in [3.63, 3.8) is 0 Å². The van der Waals surface area contributed by atoms with Crippen LogP contribution in [0.4, 0.5) is 0 Å². The van der Waals surface area contributed by atoms with Crippen LogP contribution in [-0.2, 0) is 23.8 Å². The Morgan fingerprint density at radius 1 is 0.720 bits per heavy atom. The number of carbonyl (C=O) groups excluding carboxylic acids is 2. The third kappa shape index (κ3) is 5.16. The number of rotatable bonds is 8. The molecule has 0 spiro atoms. The van der Waals surface area contributed by atoms with E-state index < -0.39 is 24.1 Å². The van der Waals surface area contributed by atoms with E-state index in [-0.39, 0.29) is 13.2 Å². The summed E-state index contributed by atoms with van der Waals surface area (Å²) >= 11 is 0. The highest BCUT2D eigenvalue weighted by Crippen LogP contribution is 2.29. The maximum atomic E-state index is 12.4. The maximum absolute atomic E-state index is 12.4. The van der Waals surface area contributed by atoms with Crippen LogP contribution < -0.4 is 0 Å². The second kappa shape index (κ2) is 9.59. The van der Waals surface area contributed by atoms with Crippen LogP contribution in [0.3, 0.4) is 0 Å². The fourth-order valence-electron chi connectivity index (χ4n) is 2.37. The van der Waals surface area contributed by atoms with E-state index in [1.807, 2.05) is 12.1 Å². The van der Waals surface area contributed by atoms with Gasteiger partial charge in [-0.1, -0.05) is 60.7 Å². The highest BCUT2D eigenvalue weighted by atomic mass is 16.6. The van der Waals surface area contributed by atoms with Crippen molar-refractivity contribution in [1.29, 1.82) is 0 Å². The SMILES string of the molecule is CCOC(=O)[C@H](O[C@@H](C(=O)OCC)c1ccccc1)c1ccccc1.